The normalized spacial score (nSPS) is 19.2. The van der Waals surface area contributed by atoms with Crippen LogP contribution in [-0.2, 0) is 4.79 Å². The van der Waals surface area contributed by atoms with Crippen molar-refractivity contribution < 1.29 is 9.59 Å². The lowest BCUT2D eigenvalue weighted by molar-refractivity contribution is -0.130. The lowest BCUT2D eigenvalue weighted by Gasteiger charge is -2.35. The number of rotatable bonds is 3. The smallest absolute Gasteiger partial charge is 0.272 e. The predicted molar refractivity (Wildman–Crippen MR) is 94.5 cm³/mol. The van der Waals surface area contributed by atoms with E-state index in [2.05, 4.69) is 26.7 Å². The molecule has 0 N–H and O–H groups in total. The highest BCUT2D eigenvalue weighted by atomic mass is 16.2. The van der Waals surface area contributed by atoms with Crippen LogP contribution in [0.3, 0.4) is 0 Å². The zero-order valence-corrected chi connectivity index (χ0v) is 15.0. The fourth-order valence-corrected chi connectivity index (χ4v) is 3.27. The van der Waals surface area contributed by atoms with Gasteiger partial charge in [-0.1, -0.05) is 6.92 Å². The van der Waals surface area contributed by atoms with Gasteiger partial charge in [-0.25, -0.2) is 9.97 Å². The summed E-state index contributed by atoms with van der Waals surface area (Å²) < 4.78 is 0. The molecule has 8 nitrogen and oxygen atoms in total. The molecule has 0 aliphatic carbocycles. The van der Waals surface area contributed by atoms with Crippen LogP contribution < -0.4 is 4.90 Å². The highest BCUT2D eigenvalue weighted by Crippen LogP contribution is 2.13. The molecule has 0 unspecified atom stereocenters. The fourth-order valence-electron chi connectivity index (χ4n) is 3.27. The standard InChI is InChI=1S/C17H26N6O2/c1-3-20-6-8-23(9-7-20)17-18-5-4-15(19-17)16(25)22-12-10-21(11-13-22)14(2)24/h4-5H,3,6-13H2,1-2H3. The number of piperazine rings is 2. The zero-order valence-electron chi connectivity index (χ0n) is 15.0. The number of hydrogen-bond acceptors (Lipinski definition) is 6. The summed E-state index contributed by atoms with van der Waals surface area (Å²) in [6, 6.07) is 1.67. The fraction of sp³-hybridized carbons (Fsp3) is 0.647. The van der Waals surface area contributed by atoms with Gasteiger partial charge in [0.1, 0.15) is 5.69 Å². The number of carbonyl (C=O) groups is 2. The van der Waals surface area contributed by atoms with Crippen molar-refractivity contribution in [3.8, 4) is 0 Å². The highest BCUT2D eigenvalue weighted by molar-refractivity contribution is 5.92. The van der Waals surface area contributed by atoms with Gasteiger partial charge in [0.05, 0.1) is 0 Å². The molecule has 0 atom stereocenters. The number of hydrogen-bond donors (Lipinski definition) is 0. The molecule has 136 valence electrons. The van der Waals surface area contributed by atoms with E-state index in [0.717, 1.165) is 32.7 Å². The molecule has 25 heavy (non-hydrogen) atoms. The zero-order chi connectivity index (χ0) is 17.8. The minimum atomic E-state index is -0.0842. The summed E-state index contributed by atoms with van der Waals surface area (Å²) in [5.74, 6) is 0.602. The van der Waals surface area contributed by atoms with Crippen molar-refractivity contribution >= 4 is 17.8 Å². The Morgan fingerprint density at radius 1 is 1.00 bits per heavy atom. The van der Waals surface area contributed by atoms with E-state index in [4.69, 9.17) is 0 Å². The molecule has 2 saturated heterocycles. The van der Waals surface area contributed by atoms with Gasteiger partial charge in [0.15, 0.2) is 0 Å². The topological polar surface area (TPSA) is 72.9 Å². The maximum absolute atomic E-state index is 12.7. The lowest BCUT2D eigenvalue weighted by atomic mass is 10.2. The second-order valence-electron chi connectivity index (χ2n) is 6.46. The molecule has 8 heteroatoms. The van der Waals surface area contributed by atoms with Gasteiger partial charge < -0.3 is 19.6 Å². The second kappa shape index (κ2) is 7.77. The van der Waals surface area contributed by atoms with Crippen LogP contribution in [0.5, 0.6) is 0 Å². The Labute approximate surface area is 148 Å². The third-order valence-corrected chi connectivity index (χ3v) is 4.98. The number of likely N-dealkylation sites (N-methyl/N-ethyl adjacent to an activating group) is 1. The first-order valence-corrected chi connectivity index (χ1v) is 8.93. The molecule has 2 amide bonds. The lowest BCUT2D eigenvalue weighted by Crippen LogP contribution is -2.50. The van der Waals surface area contributed by atoms with Crippen LogP contribution in [0.1, 0.15) is 24.3 Å². The van der Waals surface area contributed by atoms with Crippen LogP contribution >= 0.6 is 0 Å². The van der Waals surface area contributed by atoms with E-state index < -0.39 is 0 Å². The molecule has 0 saturated carbocycles. The molecule has 3 heterocycles. The molecule has 2 aliphatic rings. The van der Waals surface area contributed by atoms with Crippen molar-refractivity contribution in [1.29, 1.82) is 0 Å². The van der Waals surface area contributed by atoms with Crippen LogP contribution in [0.25, 0.3) is 0 Å². The van der Waals surface area contributed by atoms with E-state index in [1.165, 1.54) is 0 Å². The van der Waals surface area contributed by atoms with E-state index in [0.29, 0.717) is 37.8 Å². The largest absolute Gasteiger partial charge is 0.339 e. The minimum Gasteiger partial charge on any atom is -0.339 e. The van der Waals surface area contributed by atoms with Gasteiger partial charge in [-0.05, 0) is 12.6 Å². The Morgan fingerprint density at radius 2 is 1.64 bits per heavy atom. The number of carbonyl (C=O) groups excluding carboxylic acids is 2. The molecular formula is C17H26N6O2. The molecule has 1 aromatic heterocycles. The van der Waals surface area contributed by atoms with Crippen LogP contribution in [0.2, 0.25) is 0 Å². The van der Waals surface area contributed by atoms with Crippen LogP contribution in [0.4, 0.5) is 5.95 Å². The van der Waals surface area contributed by atoms with Crippen molar-refractivity contribution in [1.82, 2.24) is 24.7 Å². The molecule has 2 fully saturated rings. The quantitative estimate of drug-likeness (QED) is 0.762. The van der Waals surface area contributed by atoms with Crippen molar-refractivity contribution in [3.63, 3.8) is 0 Å². The van der Waals surface area contributed by atoms with Crippen molar-refractivity contribution in [2.24, 2.45) is 0 Å². The van der Waals surface area contributed by atoms with Gasteiger partial charge in [0.25, 0.3) is 5.91 Å². The SMILES string of the molecule is CCN1CCN(c2nccc(C(=O)N3CCN(C(C)=O)CC3)n2)CC1. The first-order valence-electron chi connectivity index (χ1n) is 8.93. The summed E-state index contributed by atoms with van der Waals surface area (Å²) >= 11 is 0. The van der Waals surface area contributed by atoms with Crippen molar-refractivity contribution in [2.45, 2.75) is 13.8 Å². The van der Waals surface area contributed by atoms with Gasteiger partial charge in [-0.3, -0.25) is 9.59 Å². The minimum absolute atomic E-state index is 0.0580. The first-order chi connectivity index (χ1) is 12.1. The van der Waals surface area contributed by atoms with Gasteiger partial charge in [-0.2, -0.15) is 0 Å². The van der Waals surface area contributed by atoms with E-state index in [-0.39, 0.29) is 11.8 Å². The molecule has 2 aliphatic heterocycles. The Hall–Kier alpha value is -2.22. The summed E-state index contributed by atoms with van der Waals surface area (Å²) in [7, 11) is 0. The maximum atomic E-state index is 12.7. The summed E-state index contributed by atoms with van der Waals surface area (Å²) in [5.41, 5.74) is 0.430. The van der Waals surface area contributed by atoms with E-state index in [1.54, 1.807) is 29.0 Å². The van der Waals surface area contributed by atoms with Gasteiger partial charge in [0, 0.05) is 65.5 Å². The Balaban J connectivity index is 1.63. The number of anilines is 1. The first kappa shape index (κ1) is 17.6. The molecule has 0 spiro atoms. The number of amides is 2. The molecule has 0 bridgehead atoms. The van der Waals surface area contributed by atoms with E-state index >= 15 is 0 Å². The number of aromatic nitrogens is 2. The Bertz CT molecular complexity index is 621. The third kappa shape index (κ3) is 4.07. The Morgan fingerprint density at radius 3 is 2.24 bits per heavy atom. The average Bonchev–Trinajstić information content (AvgIpc) is 2.67. The van der Waals surface area contributed by atoms with Crippen molar-refractivity contribution in [3.05, 3.63) is 18.0 Å². The monoisotopic (exact) mass is 346 g/mol. The molecule has 3 rings (SSSR count). The van der Waals surface area contributed by atoms with Crippen LogP contribution in [-0.4, -0.2) is 95.4 Å². The molecule has 0 aromatic carbocycles. The predicted octanol–water partition coefficient (Wildman–Crippen LogP) is -0.0772. The van der Waals surface area contributed by atoms with Gasteiger partial charge >= 0.3 is 0 Å². The molecule has 1 aromatic rings. The summed E-state index contributed by atoms with van der Waals surface area (Å²) in [6.07, 6.45) is 1.66. The average molecular weight is 346 g/mol. The van der Waals surface area contributed by atoms with E-state index in [1.807, 2.05) is 0 Å². The van der Waals surface area contributed by atoms with Crippen LogP contribution in [0.15, 0.2) is 12.3 Å². The molecular weight excluding hydrogens is 320 g/mol. The maximum Gasteiger partial charge on any atom is 0.272 e. The van der Waals surface area contributed by atoms with Crippen molar-refractivity contribution in [2.75, 3.05) is 63.8 Å². The number of nitrogens with zero attached hydrogens (tertiary/aromatic N) is 6. The Kier molecular flexibility index (Phi) is 5.47. The highest BCUT2D eigenvalue weighted by Gasteiger charge is 2.25. The van der Waals surface area contributed by atoms with Gasteiger partial charge in [0.2, 0.25) is 11.9 Å². The molecule has 0 radical (unpaired) electrons. The summed E-state index contributed by atoms with van der Waals surface area (Å²) in [6.45, 7) is 10.8. The van der Waals surface area contributed by atoms with Gasteiger partial charge in [-0.15, -0.1) is 0 Å². The third-order valence-electron chi connectivity index (χ3n) is 4.98. The second-order valence-corrected chi connectivity index (χ2v) is 6.46. The summed E-state index contributed by atoms with van der Waals surface area (Å²) in [4.78, 5) is 41.0. The summed E-state index contributed by atoms with van der Waals surface area (Å²) in [5, 5.41) is 0. The van der Waals surface area contributed by atoms with Crippen LogP contribution in [0, 0.1) is 0 Å². The van der Waals surface area contributed by atoms with E-state index in [9.17, 15) is 9.59 Å².